The molecule has 0 spiro atoms. The number of nitrogens with zero attached hydrogens (tertiary/aromatic N) is 2. The van der Waals surface area contributed by atoms with E-state index in [0.29, 0.717) is 12.1 Å². The maximum Gasteiger partial charge on any atom is 0.251 e. The molecule has 0 saturated heterocycles. The molecule has 1 amide bonds. The van der Waals surface area contributed by atoms with Gasteiger partial charge in [-0.2, -0.15) is 5.10 Å². The largest absolute Gasteiger partial charge is 0.352 e. The Kier molecular flexibility index (Phi) is 6.33. The Labute approximate surface area is 148 Å². The highest BCUT2D eigenvalue weighted by atomic mass is 32.2. The van der Waals surface area contributed by atoms with Crippen LogP contribution >= 0.6 is 0 Å². The number of hydrogen-bond donors (Lipinski definition) is 2. The number of carbonyl (C=O) groups is 1. The molecule has 0 saturated carbocycles. The third-order valence-electron chi connectivity index (χ3n) is 3.50. The highest BCUT2D eigenvalue weighted by Crippen LogP contribution is 2.11. The van der Waals surface area contributed by atoms with Crippen LogP contribution in [0.4, 0.5) is 0 Å². The SMILES string of the molecule is CC(C)NS(=O)(=O)c1ccc(C(=O)NCCCc2cnn(C)c2)cc1. The van der Waals surface area contributed by atoms with Crippen molar-refractivity contribution in [1.29, 1.82) is 0 Å². The average molecular weight is 364 g/mol. The average Bonchev–Trinajstić information content (AvgIpc) is 2.96. The van der Waals surface area contributed by atoms with E-state index in [4.69, 9.17) is 0 Å². The zero-order chi connectivity index (χ0) is 18.4. The molecule has 0 unspecified atom stereocenters. The maximum atomic E-state index is 12.1. The summed E-state index contributed by atoms with van der Waals surface area (Å²) in [5.41, 5.74) is 1.56. The molecule has 0 atom stereocenters. The first kappa shape index (κ1) is 19.1. The lowest BCUT2D eigenvalue weighted by Gasteiger charge is -2.10. The van der Waals surface area contributed by atoms with Crippen LogP contribution in [0.3, 0.4) is 0 Å². The third kappa shape index (κ3) is 5.68. The lowest BCUT2D eigenvalue weighted by atomic mass is 10.2. The van der Waals surface area contributed by atoms with Gasteiger partial charge in [0.05, 0.1) is 11.1 Å². The van der Waals surface area contributed by atoms with Crippen molar-refractivity contribution in [2.45, 2.75) is 37.6 Å². The van der Waals surface area contributed by atoms with E-state index in [2.05, 4.69) is 15.1 Å². The molecule has 2 N–H and O–H groups in total. The summed E-state index contributed by atoms with van der Waals surface area (Å²) in [6, 6.07) is 5.73. The molecule has 25 heavy (non-hydrogen) atoms. The van der Waals surface area contributed by atoms with Crippen molar-refractivity contribution in [3.63, 3.8) is 0 Å². The van der Waals surface area contributed by atoms with E-state index in [1.54, 1.807) is 18.5 Å². The molecule has 0 aliphatic heterocycles. The zero-order valence-electron chi connectivity index (χ0n) is 14.7. The van der Waals surface area contributed by atoms with Crippen LogP contribution in [0.1, 0.15) is 36.2 Å². The number of nitrogens with one attached hydrogen (secondary N) is 2. The molecule has 1 aromatic carbocycles. The molecular weight excluding hydrogens is 340 g/mol. The summed E-state index contributed by atoms with van der Waals surface area (Å²) in [7, 11) is -1.67. The number of aromatic nitrogens is 2. The molecule has 0 radical (unpaired) electrons. The van der Waals surface area contributed by atoms with E-state index < -0.39 is 10.0 Å². The van der Waals surface area contributed by atoms with Crippen LogP contribution in [0.5, 0.6) is 0 Å². The zero-order valence-corrected chi connectivity index (χ0v) is 15.5. The number of sulfonamides is 1. The monoisotopic (exact) mass is 364 g/mol. The number of rotatable bonds is 8. The first-order valence-corrected chi connectivity index (χ1v) is 9.64. The minimum atomic E-state index is -3.54. The van der Waals surface area contributed by atoms with Crippen LogP contribution in [-0.2, 0) is 23.5 Å². The fourth-order valence-corrected chi connectivity index (χ4v) is 3.61. The van der Waals surface area contributed by atoms with Crippen LogP contribution in [0, 0.1) is 0 Å². The molecule has 1 aromatic heterocycles. The summed E-state index contributed by atoms with van der Waals surface area (Å²) in [6.07, 6.45) is 5.41. The van der Waals surface area contributed by atoms with Gasteiger partial charge in [-0.15, -0.1) is 0 Å². The standard InChI is InChI=1S/C17H24N4O3S/c1-13(2)20-25(23,24)16-8-6-15(7-9-16)17(22)18-10-4-5-14-11-19-21(3)12-14/h6-9,11-13,20H,4-5,10H2,1-3H3,(H,18,22). The summed E-state index contributed by atoms with van der Waals surface area (Å²) in [4.78, 5) is 12.3. The summed E-state index contributed by atoms with van der Waals surface area (Å²) >= 11 is 0. The molecule has 0 aliphatic carbocycles. The van der Waals surface area contributed by atoms with Gasteiger partial charge >= 0.3 is 0 Å². The van der Waals surface area contributed by atoms with E-state index in [0.717, 1.165) is 18.4 Å². The molecule has 0 aliphatic rings. The molecule has 8 heteroatoms. The topological polar surface area (TPSA) is 93.1 Å². The lowest BCUT2D eigenvalue weighted by Crippen LogP contribution is -2.30. The molecular formula is C17H24N4O3S. The Morgan fingerprint density at radius 1 is 1.24 bits per heavy atom. The van der Waals surface area contributed by atoms with Crippen molar-refractivity contribution < 1.29 is 13.2 Å². The Hall–Kier alpha value is -2.19. The van der Waals surface area contributed by atoms with Crippen molar-refractivity contribution in [3.05, 3.63) is 47.8 Å². The summed E-state index contributed by atoms with van der Waals surface area (Å²) in [5.74, 6) is -0.216. The van der Waals surface area contributed by atoms with Crippen molar-refractivity contribution in [2.75, 3.05) is 6.54 Å². The number of hydrogen-bond acceptors (Lipinski definition) is 4. The fourth-order valence-electron chi connectivity index (χ4n) is 2.36. The quantitative estimate of drug-likeness (QED) is 0.694. The Balaban J connectivity index is 1.85. The van der Waals surface area contributed by atoms with Gasteiger partial charge in [-0.3, -0.25) is 9.48 Å². The highest BCUT2D eigenvalue weighted by Gasteiger charge is 2.15. The van der Waals surface area contributed by atoms with E-state index in [9.17, 15) is 13.2 Å². The minimum Gasteiger partial charge on any atom is -0.352 e. The van der Waals surface area contributed by atoms with Crippen molar-refractivity contribution in [2.24, 2.45) is 7.05 Å². The van der Waals surface area contributed by atoms with E-state index >= 15 is 0 Å². The summed E-state index contributed by atoms with van der Waals surface area (Å²) in [5, 5.41) is 6.93. The van der Waals surface area contributed by atoms with Crippen LogP contribution < -0.4 is 10.0 Å². The van der Waals surface area contributed by atoms with Crippen molar-refractivity contribution >= 4 is 15.9 Å². The minimum absolute atomic E-state index is 0.148. The van der Waals surface area contributed by atoms with E-state index in [1.165, 1.54) is 24.3 Å². The Morgan fingerprint density at radius 3 is 2.48 bits per heavy atom. The lowest BCUT2D eigenvalue weighted by molar-refractivity contribution is 0.0953. The number of carbonyl (C=O) groups excluding carboxylic acids is 1. The molecule has 7 nitrogen and oxygen atoms in total. The Bertz CT molecular complexity index is 811. The van der Waals surface area contributed by atoms with Crippen LogP contribution in [0.15, 0.2) is 41.6 Å². The van der Waals surface area contributed by atoms with Gasteiger partial charge in [0, 0.05) is 31.4 Å². The van der Waals surface area contributed by atoms with E-state index in [1.807, 2.05) is 19.4 Å². The second-order valence-electron chi connectivity index (χ2n) is 6.18. The van der Waals surface area contributed by atoms with Crippen LogP contribution in [-0.4, -0.2) is 36.7 Å². The van der Waals surface area contributed by atoms with Gasteiger partial charge < -0.3 is 5.32 Å². The molecule has 2 aromatic rings. The first-order chi connectivity index (χ1) is 11.8. The fraction of sp³-hybridized carbons (Fsp3) is 0.412. The molecule has 0 fully saturated rings. The predicted molar refractivity (Wildman–Crippen MR) is 95.8 cm³/mol. The van der Waals surface area contributed by atoms with Gasteiger partial charge in [0.2, 0.25) is 10.0 Å². The first-order valence-electron chi connectivity index (χ1n) is 8.16. The number of aryl methyl sites for hydroxylation is 2. The molecule has 0 bridgehead atoms. The normalized spacial score (nSPS) is 11.7. The van der Waals surface area contributed by atoms with Crippen LogP contribution in [0.2, 0.25) is 0 Å². The number of benzene rings is 1. The molecule has 1 heterocycles. The van der Waals surface area contributed by atoms with Gasteiger partial charge in [0.1, 0.15) is 0 Å². The van der Waals surface area contributed by atoms with Gasteiger partial charge in [0.25, 0.3) is 5.91 Å². The molecule has 2 rings (SSSR count). The predicted octanol–water partition coefficient (Wildman–Crippen LogP) is 1.47. The summed E-state index contributed by atoms with van der Waals surface area (Å²) in [6.45, 7) is 4.05. The second kappa shape index (κ2) is 8.26. The maximum absolute atomic E-state index is 12.1. The van der Waals surface area contributed by atoms with Gasteiger partial charge in [-0.1, -0.05) is 0 Å². The molecule has 136 valence electrons. The van der Waals surface area contributed by atoms with Gasteiger partial charge in [-0.05, 0) is 56.5 Å². The van der Waals surface area contributed by atoms with Crippen molar-refractivity contribution in [1.82, 2.24) is 19.8 Å². The van der Waals surface area contributed by atoms with Crippen molar-refractivity contribution in [3.8, 4) is 0 Å². The van der Waals surface area contributed by atoms with E-state index in [-0.39, 0.29) is 16.8 Å². The third-order valence-corrected chi connectivity index (χ3v) is 5.18. The van der Waals surface area contributed by atoms with Gasteiger partial charge in [0.15, 0.2) is 0 Å². The smallest absolute Gasteiger partial charge is 0.251 e. The Morgan fingerprint density at radius 2 is 1.92 bits per heavy atom. The number of amides is 1. The second-order valence-corrected chi connectivity index (χ2v) is 7.90. The highest BCUT2D eigenvalue weighted by molar-refractivity contribution is 7.89. The summed E-state index contributed by atoms with van der Waals surface area (Å²) < 4.78 is 28.4. The van der Waals surface area contributed by atoms with Gasteiger partial charge in [-0.25, -0.2) is 13.1 Å². The van der Waals surface area contributed by atoms with Crippen LogP contribution in [0.25, 0.3) is 0 Å².